The van der Waals surface area contributed by atoms with Crippen LogP contribution in [0, 0.1) is 0 Å². The molecule has 1 saturated heterocycles. The molecule has 0 unspecified atom stereocenters. The van der Waals surface area contributed by atoms with E-state index >= 15 is 0 Å². The molecule has 0 radical (unpaired) electrons. The molecule has 27 heavy (non-hydrogen) atoms. The van der Waals surface area contributed by atoms with E-state index in [1.165, 1.54) is 19.1 Å². The van der Waals surface area contributed by atoms with Gasteiger partial charge in [-0.25, -0.2) is 4.79 Å². The van der Waals surface area contributed by atoms with Crippen molar-refractivity contribution in [2.45, 2.75) is 25.1 Å². The van der Waals surface area contributed by atoms with Crippen LogP contribution in [0.5, 0.6) is 17.2 Å². The minimum absolute atomic E-state index is 0.194. The van der Waals surface area contributed by atoms with E-state index in [0.717, 1.165) is 5.56 Å². The highest BCUT2D eigenvalue weighted by molar-refractivity contribution is 6.32. The van der Waals surface area contributed by atoms with E-state index in [9.17, 15) is 4.79 Å². The van der Waals surface area contributed by atoms with Crippen LogP contribution in [0.2, 0.25) is 10.0 Å². The van der Waals surface area contributed by atoms with Crippen molar-refractivity contribution in [2.24, 2.45) is 0 Å². The molecule has 2 aromatic rings. The zero-order valence-corrected chi connectivity index (χ0v) is 16.5. The lowest BCUT2D eigenvalue weighted by Crippen LogP contribution is -2.65. The number of carbonyl (C=O) groups excluding carboxylic acids is 1. The summed E-state index contributed by atoms with van der Waals surface area (Å²) in [4.78, 5) is 14.5. The number of amides is 2. The highest BCUT2D eigenvalue weighted by Gasteiger charge is 2.50. The van der Waals surface area contributed by atoms with Gasteiger partial charge in [-0.3, -0.25) is 4.90 Å². The Morgan fingerprint density at radius 2 is 1.93 bits per heavy atom. The summed E-state index contributed by atoms with van der Waals surface area (Å²) in [5.41, 5.74) is 0.450. The Labute approximate surface area is 166 Å². The fourth-order valence-corrected chi connectivity index (χ4v) is 4.14. The molecule has 2 aromatic carbocycles. The van der Waals surface area contributed by atoms with Gasteiger partial charge in [0.05, 0.1) is 31.0 Å². The lowest BCUT2D eigenvalue weighted by Gasteiger charge is -2.50. The second kappa shape index (κ2) is 6.39. The highest BCUT2D eigenvalue weighted by atomic mass is 35.5. The Kier molecular flexibility index (Phi) is 4.28. The van der Waals surface area contributed by atoms with E-state index in [2.05, 4.69) is 5.32 Å². The van der Waals surface area contributed by atoms with Gasteiger partial charge < -0.3 is 19.5 Å². The van der Waals surface area contributed by atoms with Crippen LogP contribution < -0.4 is 24.4 Å². The number of carbonyl (C=O) groups is 1. The van der Waals surface area contributed by atoms with Gasteiger partial charge in [0.25, 0.3) is 0 Å². The minimum Gasteiger partial charge on any atom is -0.495 e. The molecule has 2 atom stereocenters. The minimum atomic E-state index is -0.918. The average Bonchev–Trinajstić information content (AvgIpc) is 2.62. The number of nitrogens with one attached hydrogen (secondary N) is 1. The summed E-state index contributed by atoms with van der Waals surface area (Å²) in [6, 6.07) is 8.20. The van der Waals surface area contributed by atoms with Gasteiger partial charge in [-0.05, 0) is 31.2 Å². The number of anilines is 1. The summed E-state index contributed by atoms with van der Waals surface area (Å²) >= 11 is 12.4. The summed E-state index contributed by atoms with van der Waals surface area (Å²) in [6.45, 7) is 1.87. The van der Waals surface area contributed by atoms with Crippen LogP contribution in [0.1, 0.15) is 24.9 Å². The van der Waals surface area contributed by atoms with E-state index in [1.807, 2.05) is 19.1 Å². The van der Waals surface area contributed by atoms with Crippen LogP contribution in [0.25, 0.3) is 0 Å². The predicted molar refractivity (Wildman–Crippen MR) is 103 cm³/mol. The summed E-state index contributed by atoms with van der Waals surface area (Å²) in [6.07, 6.45) is 0.541. The van der Waals surface area contributed by atoms with Gasteiger partial charge in [0.1, 0.15) is 17.2 Å². The second-order valence-corrected chi connectivity index (χ2v) is 7.50. The van der Waals surface area contributed by atoms with Crippen molar-refractivity contribution in [1.82, 2.24) is 5.32 Å². The predicted octanol–water partition coefficient (Wildman–Crippen LogP) is 4.78. The van der Waals surface area contributed by atoms with Crippen molar-refractivity contribution in [3.05, 3.63) is 45.9 Å². The molecule has 2 heterocycles. The third-order valence-corrected chi connectivity index (χ3v) is 5.46. The number of halogens is 2. The van der Waals surface area contributed by atoms with Crippen LogP contribution in [-0.4, -0.2) is 26.0 Å². The second-order valence-electron chi connectivity index (χ2n) is 6.66. The molecule has 0 spiro atoms. The van der Waals surface area contributed by atoms with Crippen LogP contribution >= 0.6 is 23.2 Å². The molecule has 6 nitrogen and oxygen atoms in total. The highest BCUT2D eigenvalue weighted by Crippen LogP contribution is 2.49. The van der Waals surface area contributed by atoms with Crippen molar-refractivity contribution >= 4 is 34.9 Å². The van der Waals surface area contributed by atoms with Gasteiger partial charge in [0.2, 0.25) is 0 Å². The lowest BCUT2D eigenvalue weighted by molar-refractivity contribution is 0.0375. The van der Waals surface area contributed by atoms with Crippen LogP contribution in [0.3, 0.4) is 0 Å². The SMILES string of the molecule is COc1cc(OC)c(N2C(=O)N[C@H]3C[C@]2(C)Oc2ccc(Cl)cc23)cc1Cl. The van der Waals surface area contributed by atoms with Crippen molar-refractivity contribution in [3.63, 3.8) is 0 Å². The Bertz CT molecular complexity index is 936. The Hall–Kier alpha value is -2.31. The van der Waals surface area contributed by atoms with Crippen LogP contribution in [0.4, 0.5) is 10.5 Å². The Balaban J connectivity index is 1.83. The molecule has 4 rings (SSSR count). The maximum atomic E-state index is 13.0. The van der Waals surface area contributed by atoms with Gasteiger partial charge >= 0.3 is 6.03 Å². The number of rotatable bonds is 3. The summed E-state index contributed by atoms with van der Waals surface area (Å²) in [5.74, 6) is 1.60. The van der Waals surface area contributed by atoms with Gasteiger partial charge in [0, 0.05) is 23.1 Å². The Morgan fingerprint density at radius 3 is 2.63 bits per heavy atom. The number of benzene rings is 2. The van der Waals surface area contributed by atoms with E-state index in [4.69, 9.17) is 37.4 Å². The average molecular weight is 409 g/mol. The monoisotopic (exact) mass is 408 g/mol. The summed E-state index contributed by atoms with van der Waals surface area (Å²) in [7, 11) is 3.05. The molecule has 2 aliphatic heterocycles. The zero-order valence-electron chi connectivity index (χ0n) is 15.0. The molecule has 0 saturated carbocycles. The van der Waals surface area contributed by atoms with Gasteiger partial charge in [-0.1, -0.05) is 23.2 Å². The van der Waals surface area contributed by atoms with E-state index < -0.39 is 5.72 Å². The molecule has 0 aliphatic carbocycles. The first kappa shape index (κ1) is 18.1. The van der Waals surface area contributed by atoms with Crippen LogP contribution in [-0.2, 0) is 0 Å². The molecule has 8 heteroatoms. The topological polar surface area (TPSA) is 60.0 Å². The fraction of sp³-hybridized carbons (Fsp3) is 0.316. The van der Waals surface area contributed by atoms with Crippen molar-refractivity contribution in [1.29, 1.82) is 0 Å². The third kappa shape index (κ3) is 2.84. The number of methoxy groups -OCH3 is 2. The largest absolute Gasteiger partial charge is 0.495 e. The smallest absolute Gasteiger partial charge is 0.325 e. The first-order chi connectivity index (χ1) is 12.9. The molecule has 1 fully saturated rings. The number of hydrogen-bond donors (Lipinski definition) is 1. The van der Waals surface area contributed by atoms with Crippen molar-refractivity contribution in [3.8, 4) is 17.2 Å². The number of nitrogens with zero attached hydrogens (tertiary/aromatic N) is 1. The number of urea groups is 1. The summed E-state index contributed by atoms with van der Waals surface area (Å²) in [5, 5.41) is 3.99. The molecule has 142 valence electrons. The van der Waals surface area contributed by atoms with Crippen molar-refractivity contribution < 1.29 is 19.0 Å². The van der Waals surface area contributed by atoms with E-state index in [-0.39, 0.29) is 12.1 Å². The fourth-order valence-electron chi connectivity index (χ4n) is 3.73. The third-order valence-electron chi connectivity index (χ3n) is 4.93. The molecule has 1 N–H and O–H groups in total. The molecule has 2 bridgehead atoms. The van der Waals surface area contributed by atoms with Gasteiger partial charge in [-0.15, -0.1) is 0 Å². The van der Waals surface area contributed by atoms with E-state index in [1.54, 1.807) is 18.2 Å². The first-order valence-electron chi connectivity index (χ1n) is 8.37. The molecule has 2 amide bonds. The maximum absolute atomic E-state index is 13.0. The van der Waals surface area contributed by atoms with Crippen LogP contribution in [0.15, 0.2) is 30.3 Å². The summed E-state index contributed by atoms with van der Waals surface area (Å²) < 4.78 is 17.0. The van der Waals surface area contributed by atoms with E-state index in [0.29, 0.717) is 39.4 Å². The van der Waals surface area contributed by atoms with Gasteiger partial charge in [0.15, 0.2) is 5.72 Å². The normalized spacial score (nSPS) is 23.2. The van der Waals surface area contributed by atoms with Crippen molar-refractivity contribution in [2.75, 3.05) is 19.1 Å². The van der Waals surface area contributed by atoms with Gasteiger partial charge in [-0.2, -0.15) is 0 Å². The lowest BCUT2D eigenvalue weighted by atomic mass is 9.90. The molecule has 0 aromatic heterocycles. The molecular weight excluding hydrogens is 391 g/mol. The molecular formula is C19H18Cl2N2O4. The number of fused-ring (bicyclic) bond motifs is 4. The quantitative estimate of drug-likeness (QED) is 0.793. The zero-order chi connectivity index (χ0) is 19.3. The maximum Gasteiger partial charge on any atom is 0.325 e. The first-order valence-corrected chi connectivity index (χ1v) is 9.12. The standard InChI is InChI=1S/C19H18Cl2N2O4/c1-19-9-13(11-6-10(20)4-5-15(11)27-19)22-18(24)23(19)14-7-12(21)16(25-2)8-17(14)26-3/h4-8,13H,9H2,1-3H3,(H,22,24)/t13-,19-/m0/s1. The Morgan fingerprint density at radius 1 is 1.19 bits per heavy atom. The number of ether oxygens (including phenoxy) is 3. The number of hydrogen-bond acceptors (Lipinski definition) is 4. The molecule has 2 aliphatic rings.